The number of nitrogens with one attached hydrogen (secondary N) is 1. The summed E-state index contributed by atoms with van der Waals surface area (Å²) in [7, 11) is 2.04. The van der Waals surface area contributed by atoms with E-state index in [1.54, 1.807) is 0 Å². The number of halogens is 2. The van der Waals surface area contributed by atoms with E-state index in [0.717, 1.165) is 27.9 Å². The highest BCUT2D eigenvalue weighted by atomic mass is 35.5. The maximum absolute atomic E-state index is 6.27. The molecule has 112 valence electrons. The first-order chi connectivity index (χ1) is 9.70. The Kier molecular flexibility index (Phi) is 6.67. The van der Waals surface area contributed by atoms with E-state index >= 15 is 0 Å². The van der Waals surface area contributed by atoms with E-state index < -0.39 is 0 Å². The molecule has 0 bridgehead atoms. The number of hydrogen-bond acceptors (Lipinski definition) is 1. The third-order valence-electron chi connectivity index (χ3n) is 4.57. The third-order valence-corrected chi connectivity index (χ3v) is 5.28. The van der Waals surface area contributed by atoms with Crippen LogP contribution in [0.15, 0.2) is 18.2 Å². The van der Waals surface area contributed by atoms with E-state index in [1.165, 1.54) is 44.9 Å². The first-order valence-electron chi connectivity index (χ1n) is 7.81. The molecule has 0 saturated heterocycles. The number of benzene rings is 1. The van der Waals surface area contributed by atoms with Crippen LogP contribution in [-0.2, 0) is 6.42 Å². The molecule has 1 fully saturated rings. The molecular formula is C17H25Cl2N. The van der Waals surface area contributed by atoms with Gasteiger partial charge < -0.3 is 5.32 Å². The summed E-state index contributed by atoms with van der Waals surface area (Å²) in [6.07, 6.45) is 10.6. The summed E-state index contributed by atoms with van der Waals surface area (Å²) in [5, 5.41) is 5.00. The molecule has 0 heterocycles. The lowest BCUT2D eigenvalue weighted by atomic mass is 9.84. The minimum absolute atomic E-state index is 0.467. The molecular weight excluding hydrogens is 289 g/mol. The molecule has 0 amide bonds. The Bertz CT molecular complexity index is 393. The predicted octanol–water partition coefficient (Wildman–Crippen LogP) is 5.48. The van der Waals surface area contributed by atoms with Crippen LogP contribution >= 0.6 is 23.2 Å². The number of likely N-dealkylation sites (N-methyl/N-ethyl adjacent to an activating group) is 1. The third kappa shape index (κ3) is 4.65. The first-order valence-corrected chi connectivity index (χ1v) is 8.56. The van der Waals surface area contributed by atoms with Crippen molar-refractivity contribution in [2.45, 2.75) is 57.4 Å². The molecule has 0 aliphatic heterocycles. The minimum atomic E-state index is 0.467. The van der Waals surface area contributed by atoms with Crippen molar-refractivity contribution in [3.05, 3.63) is 33.8 Å². The zero-order valence-corrected chi connectivity index (χ0v) is 13.8. The fourth-order valence-electron chi connectivity index (χ4n) is 3.23. The van der Waals surface area contributed by atoms with Crippen molar-refractivity contribution >= 4 is 23.2 Å². The first kappa shape index (κ1) is 16.1. The van der Waals surface area contributed by atoms with Gasteiger partial charge in [0, 0.05) is 16.1 Å². The Labute approximate surface area is 133 Å². The Morgan fingerprint density at radius 3 is 2.40 bits per heavy atom. The highest BCUT2D eigenvalue weighted by Gasteiger charge is 2.17. The van der Waals surface area contributed by atoms with E-state index in [0.29, 0.717) is 6.04 Å². The molecule has 0 spiro atoms. The van der Waals surface area contributed by atoms with Gasteiger partial charge in [-0.25, -0.2) is 0 Å². The quantitative estimate of drug-likeness (QED) is 0.732. The van der Waals surface area contributed by atoms with Gasteiger partial charge in [-0.1, -0.05) is 61.4 Å². The van der Waals surface area contributed by atoms with E-state index in [-0.39, 0.29) is 0 Å². The molecule has 1 unspecified atom stereocenters. The van der Waals surface area contributed by atoms with E-state index in [1.807, 2.05) is 25.2 Å². The lowest BCUT2D eigenvalue weighted by Crippen LogP contribution is -2.28. The van der Waals surface area contributed by atoms with Crippen molar-refractivity contribution in [1.82, 2.24) is 5.32 Å². The van der Waals surface area contributed by atoms with Crippen LogP contribution in [-0.4, -0.2) is 13.1 Å². The lowest BCUT2D eigenvalue weighted by molar-refractivity contribution is 0.316. The van der Waals surface area contributed by atoms with Crippen molar-refractivity contribution in [2.75, 3.05) is 7.05 Å². The molecule has 0 radical (unpaired) electrons. The van der Waals surface area contributed by atoms with Gasteiger partial charge in [0.25, 0.3) is 0 Å². The molecule has 1 N–H and O–H groups in total. The maximum Gasteiger partial charge on any atom is 0.0453 e. The van der Waals surface area contributed by atoms with Gasteiger partial charge >= 0.3 is 0 Å². The fourth-order valence-corrected chi connectivity index (χ4v) is 3.79. The summed E-state index contributed by atoms with van der Waals surface area (Å²) in [4.78, 5) is 0. The normalized spacial score (nSPS) is 18.1. The van der Waals surface area contributed by atoms with Gasteiger partial charge in [-0.05, 0) is 49.9 Å². The second kappa shape index (κ2) is 8.26. The standard InChI is InChI=1S/C17H25Cl2N/c1-20-14(11-10-13-6-3-2-4-7-13)12-15-16(18)8-5-9-17(15)19/h5,8-9,13-14,20H,2-4,6-7,10-12H2,1H3. The summed E-state index contributed by atoms with van der Waals surface area (Å²) >= 11 is 12.5. The van der Waals surface area contributed by atoms with Gasteiger partial charge in [-0.3, -0.25) is 0 Å². The number of hydrogen-bond donors (Lipinski definition) is 1. The van der Waals surface area contributed by atoms with Crippen molar-refractivity contribution in [3.63, 3.8) is 0 Å². The summed E-state index contributed by atoms with van der Waals surface area (Å²) in [5.74, 6) is 0.932. The van der Waals surface area contributed by atoms with Crippen LogP contribution < -0.4 is 5.32 Å². The molecule has 1 aliphatic carbocycles. The second-order valence-corrected chi connectivity index (χ2v) is 6.79. The maximum atomic E-state index is 6.27. The van der Waals surface area contributed by atoms with E-state index in [2.05, 4.69) is 5.32 Å². The molecule has 1 atom stereocenters. The largest absolute Gasteiger partial charge is 0.317 e. The summed E-state index contributed by atoms with van der Waals surface area (Å²) in [5.41, 5.74) is 1.08. The number of rotatable bonds is 6. The zero-order valence-electron chi connectivity index (χ0n) is 12.3. The summed E-state index contributed by atoms with van der Waals surface area (Å²) < 4.78 is 0. The van der Waals surface area contributed by atoms with E-state index in [4.69, 9.17) is 23.2 Å². The highest BCUT2D eigenvalue weighted by Crippen LogP contribution is 2.30. The average Bonchev–Trinajstić information content (AvgIpc) is 2.47. The van der Waals surface area contributed by atoms with Gasteiger partial charge in [-0.2, -0.15) is 0 Å². The monoisotopic (exact) mass is 313 g/mol. The summed E-state index contributed by atoms with van der Waals surface area (Å²) in [6, 6.07) is 6.23. The fraction of sp³-hybridized carbons (Fsp3) is 0.647. The molecule has 1 saturated carbocycles. The Hall–Kier alpha value is -0.240. The molecule has 1 aliphatic rings. The van der Waals surface area contributed by atoms with Crippen LogP contribution in [0, 0.1) is 5.92 Å². The van der Waals surface area contributed by atoms with Crippen LogP contribution in [0.1, 0.15) is 50.5 Å². The van der Waals surface area contributed by atoms with Crippen LogP contribution in [0.3, 0.4) is 0 Å². The van der Waals surface area contributed by atoms with Crippen molar-refractivity contribution < 1.29 is 0 Å². The Morgan fingerprint density at radius 2 is 1.80 bits per heavy atom. The molecule has 0 aromatic heterocycles. The van der Waals surface area contributed by atoms with Gasteiger partial charge in [0.1, 0.15) is 0 Å². The highest BCUT2D eigenvalue weighted by molar-refractivity contribution is 6.35. The van der Waals surface area contributed by atoms with Gasteiger partial charge in [0.05, 0.1) is 0 Å². The van der Waals surface area contributed by atoms with Crippen LogP contribution in [0.25, 0.3) is 0 Å². The zero-order chi connectivity index (χ0) is 14.4. The lowest BCUT2D eigenvalue weighted by Gasteiger charge is -2.24. The molecule has 3 heteroatoms. The predicted molar refractivity (Wildman–Crippen MR) is 88.8 cm³/mol. The van der Waals surface area contributed by atoms with Gasteiger partial charge in [0.2, 0.25) is 0 Å². The SMILES string of the molecule is CNC(CCC1CCCCC1)Cc1c(Cl)cccc1Cl. The van der Waals surface area contributed by atoms with Crippen LogP contribution in [0.5, 0.6) is 0 Å². The van der Waals surface area contributed by atoms with E-state index in [9.17, 15) is 0 Å². The van der Waals surface area contributed by atoms with Gasteiger partial charge in [0.15, 0.2) is 0 Å². The molecule has 1 nitrogen and oxygen atoms in total. The summed E-state index contributed by atoms with van der Waals surface area (Å²) in [6.45, 7) is 0. The Morgan fingerprint density at radius 1 is 1.15 bits per heavy atom. The van der Waals surface area contributed by atoms with Crippen molar-refractivity contribution in [1.29, 1.82) is 0 Å². The second-order valence-electron chi connectivity index (χ2n) is 5.97. The molecule has 2 rings (SSSR count). The van der Waals surface area contributed by atoms with Crippen molar-refractivity contribution in [3.8, 4) is 0 Å². The van der Waals surface area contributed by atoms with Crippen LogP contribution in [0.4, 0.5) is 0 Å². The Balaban J connectivity index is 1.88. The smallest absolute Gasteiger partial charge is 0.0453 e. The average molecular weight is 314 g/mol. The molecule has 1 aromatic rings. The van der Waals surface area contributed by atoms with Crippen LogP contribution in [0.2, 0.25) is 10.0 Å². The minimum Gasteiger partial charge on any atom is -0.317 e. The molecule has 1 aromatic carbocycles. The molecule has 20 heavy (non-hydrogen) atoms. The van der Waals surface area contributed by atoms with Crippen molar-refractivity contribution in [2.24, 2.45) is 5.92 Å². The van der Waals surface area contributed by atoms with Gasteiger partial charge in [-0.15, -0.1) is 0 Å². The topological polar surface area (TPSA) is 12.0 Å².